The molecule has 9 heteroatoms. The minimum absolute atomic E-state index is 0.345. The van der Waals surface area contributed by atoms with Gasteiger partial charge in [0.05, 0.1) is 17.8 Å². The highest BCUT2D eigenvalue weighted by Gasteiger charge is 2.12. The number of amides is 2. The zero-order valence-electron chi connectivity index (χ0n) is 17.7. The Morgan fingerprint density at radius 2 is 1.73 bits per heavy atom. The van der Waals surface area contributed by atoms with E-state index in [4.69, 9.17) is 9.47 Å². The average Bonchev–Trinajstić information content (AvgIpc) is 2.79. The highest BCUT2D eigenvalue weighted by molar-refractivity contribution is 9.10. The largest absolute Gasteiger partial charge is 0.493 e. The molecular weight excluding hydrogens is 554 g/mol. The second-order valence-corrected chi connectivity index (χ2v) is 8.60. The molecule has 3 rings (SSSR count). The lowest BCUT2D eigenvalue weighted by molar-refractivity contribution is -0.126. The fourth-order valence-corrected chi connectivity index (χ4v) is 3.62. The second kappa shape index (κ2) is 12.2. The summed E-state index contributed by atoms with van der Waals surface area (Å²) in [6.07, 6.45) is 1.11. The number of nitrogens with zero attached hydrogens (tertiary/aromatic N) is 1. The number of carbonyl (C=O) groups is 2. The van der Waals surface area contributed by atoms with E-state index < -0.39 is 11.8 Å². The third-order valence-electron chi connectivity index (χ3n) is 4.33. The molecule has 0 fully saturated rings. The van der Waals surface area contributed by atoms with Gasteiger partial charge in [-0.15, -0.1) is 0 Å². The van der Waals surface area contributed by atoms with Gasteiger partial charge in [-0.05, 0) is 63.5 Å². The zero-order chi connectivity index (χ0) is 23.6. The standard InChI is InChI=1S/C24H21Br2N3O4/c1-32-21-12-17(11-20(26)24(21)33-15-16-7-9-18(25)10-8-16)14-27-29-23(31)13-22(30)28-19-5-3-2-4-6-19/h2-12,14H,13,15H2,1H3,(H,28,30)(H,29,31). The summed E-state index contributed by atoms with van der Waals surface area (Å²) >= 11 is 6.91. The van der Waals surface area contributed by atoms with Gasteiger partial charge in [0.15, 0.2) is 11.5 Å². The van der Waals surface area contributed by atoms with Crippen LogP contribution in [0.1, 0.15) is 17.5 Å². The lowest BCUT2D eigenvalue weighted by atomic mass is 10.2. The van der Waals surface area contributed by atoms with E-state index in [-0.39, 0.29) is 6.42 Å². The van der Waals surface area contributed by atoms with Crippen molar-refractivity contribution in [2.24, 2.45) is 5.10 Å². The summed E-state index contributed by atoms with van der Waals surface area (Å²) < 4.78 is 13.0. The third-order valence-corrected chi connectivity index (χ3v) is 5.45. The number of para-hydroxylation sites is 1. The summed E-state index contributed by atoms with van der Waals surface area (Å²) in [4.78, 5) is 23.9. The molecule has 2 amide bonds. The van der Waals surface area contributed by atoms with Gasteiger partial charge in [-0.25, -0.2) is 5.43 Å². The molecule has 0 atom stereocenters. The van der Waals surface area contributed by atoms with Crippen LogP contribution in [0.25, 0.3) is 0 Å². The van der Waals surface area contributed by atoms with Gasteiger partial charge in [0.2, 0.25) is 11.8 Å². The van der Waals surface area contributed by atoms with Crippen molar-refractivity contribution in [1.82, 2.24) is 5.43 Å². The van der Waals surface area contributed by atoms with Crippen LogP contribution in [0.2, 0.25) is 0 Å². The number of benzene rings is 3. The molecule has 0 aliphatic carbocycles. The van der Waals surface area contributed by atoms with E-state index in [0.29, 0.717) is 33.8 Å². The fraction of sp³-hybridized carbons (Fsp3) is 0.125. The molecule has 0 aliphatic heterocycles. The molecule has 0 saturated heterocycles. The number of methoxy groups -OCH3 is 1. The number of hydrogen-bond acceptors (Lipinski definition) is 5. The van der Waals surface area contributed by atoms with Crippen LogP contribution in [-0.4, -0.2) is 25.1 Å². The minimum Gasteiger partial charge on any atom is -0.493 e. The first-order chi connectivity index (χ1) is 15.9. The summed E-state index contributed by atoms with van der Waals surface area (Å²) in [6, 6.07) is 20.3. The molecule has 3 aromatic carbocycles. The molecule has 3 aromatic rings. The van der Waals surface area contributed by atoms with Gasteiger partial charge >= 0.3 is 0 Å². The first-order valence-corrected chi connectivity index (χ1v) is 11.4. The monoisotopic (exact) mass is 573 g/mol. The van der Waals surface area contributed by atoms with Gasteiger partial charge < -0.3 is 14.8 Å². The molecule has 0 aliphatic rings. The van der Waals surface area contributed by atoms with Crippen LogP contribution in [0.3, 0.4) is 0 Å². The zero-order valence-corrected chi connectivity index (χ0v) is 20.9. The molecule has 33 heavy (non-hydrogen) atoms. The Balaban J connectivity index is 1.56. The predicted octanol–water partition coefficient (Wildman–Crippen LogP) is 5.28. The quantitative estimate of drug-likeness (QED) is 0.207. The number of nitrogens with one attached hydrogen (secondary N) is 2. The van der Waals surface area contributed by atoms with E-state index in [1.54, 1.807) is 43.5 Å². The van der Waals surface area contributed by atoms with Gasteiger partial charge in [-0.1, -0.05) is 46.3 Å². The number of hydrazone groups is 1. The first-order valence-electron chi connectivity index (χ1n) is 9.86. The molecular formula is C24H21Br2N3O4. The SMILES string of the molecule is COc1cc(C=NNC(=O)CC(=O)Nc2ccccc2)cc(Br)c1OCc1ccc(Br)cc1. The summed E-state index contributed by atoms with van der Waals surface area (Å²) in [5, 5.41) is 6.57. The third kappa shape index (κ3) is 7.73. The van der Waals surface area contributed by atoms with Gasteiger partial charge in [-0.2, -0.15) is 5.10 Å². The van der Waals surface area contributed by atoms with Crippen molar-refractivity contribution in [2.75, 3.05) is 12.4 Å². The maximum absolute atomic E-state index is 12.0. The number of carbonyl (C=O) groups excluding carboxylic acids is 2. The maximum Gasteiger partial charge on any atom is 0.249 e. The minimum atomic E-state index is -0.528. The van der Waals surface area contributed by atoms with E-state index >= 15 is 0 Å². The van der Waals surface area contributed by atoms with Crippen molar-refractivity contribution in [3.8, 4) is 11.5 Å². The van der Waals surface area contributed by atoms with Crippen LogP contribution < -0.4 is 20.2 Å². The number of halogens is 2. The molecule has 0 bridgehead atoms. The molecule has 170 valence electrons. The molecule has 0 saturated carbocycles. The number of anilines is 1. The molecule has 0 unspecified atom stereocenters. The van der Waals surface area contributed by atoms with E-state index in [2.05, 4.69) is 47.7 Å². The van der Waals surface area contributed by atoms with Crippen molar-refractivity contribution < 1.29 is 19.1 Å². The number of hydrogen-bond donors (Lipinski definition) is 2. The van der Waals surface area contributed by atoms with Crippen molar-refractivity contribution in [3.05, 3.63) is 86.8 Å². The summed E-state index contributed by atoms with van der Waals surface area (Å²) in [6.45, 7) is 0.372. The molecule has 0 aromatic heterocycles. The van der Waals surface area contributed by atoms with Gasteiger partial charge in [-0.3, -0.25) is 9.59 Å². The Morgan fingerprint density at radius 3 is 2.42 bits per heavy atom. The Labute approximate surface area is 208 Å². The Bertz CT molecular complexity index is 1140. The van der Waals surface area contributed by atoms with Crippen molar-refractivity contribution in [3.63, 3.8) is 0 Å². The van der Waals surface area contributed by atoms with Crippen LogP contribution in [0, 0.1) is 0 Å². The lowest BCUT2D eigenvalue weighted by Gasteiger charge is -2.13. The molecule has 7 nitrogen and oxygen atoms in total. The van der Waals surface area contributed by atoms with E-state index in [1.165, 1.54) is 6.21 Å². The van der Waals surface area contributed by atoms with E-state index in [9.17, 15) is 9.59 Å². The smallest absolute Gasteiger partial charge is 0.249 e. The van der Waals surface area contributed by atoms with Crippen molar-refractivity contribution in [2.45, 2.75) is 13.0 Å². The van der Waals surface area contributed by atoms with Crippen LogP contribution in [0.4, 0.5) is 5.69 Å². The summed E-state index contributed by atoms with van der Waals surface area (Å²) in [5.74, 6) is 0.112. The Kier molecular flexibility index (Phi) is 9.03. The number of ether oxygens (including phenoxy) is 2. The highest BCUT2D eigenvalue weighted by atomic mass is 79.9. The maximum atomic E-state index is 12.0. The van der Waals surface area contributed by atoms with E-state index in [0.717, 1.165) is 10.0 Å². The van der Waals surface area contributed by atoms with Crippen LogP contribution in [0.15, 0.2) is 80.8 Å². The summed E-state index contributed by atoms with van der Waals surface area (Å²) in [5.41, 5.74) is 4.65. The van der Waals surface area contributed by atoms with Crippen LogP contribution >= 0.6 is 31.9 Å². The van der Waals surface area contributed by atoms with Crippen LogP contribution in [0.5, 0.6) is 11.5 Å². The van der Waals surface area contributed by atoms with Gasteiger partial charge in [0.1, 0.15) is 13.0 Å². The predicted molar refractivity (Wildman–Crippen MR) is 135 cm³/mol. The molecule has 2 N–H and O–H groups in total. The molecule has 0 spiro atoms. The highest BCUT2D eigenvalue weighted by Crippen LogP contribution is 2.36. The van der Waals surface area contributed by atoms with Gasteiger partial charge in [0, 0.05) is 10.2 Å². The van der Waals surface area contributed by atoms with Crippen LogP contribution in [-0.2, 0) is 16.2 Å². The lowest BCUT2D eigenvalue weighted by Crippen LogP contribution is -2.24. The van der Waals surface area contributed by atoms with Gasteiger partial charge in [0.25, 0.3) is 0 Å². The van der Waals surface area contributed by atoms with Crippen molar-refractivity contribution >= 4 is 55.6 Å². The second-order valence-electron chi connectivity index (χ2n) is 6.83. The normalized spacial score (nSPS) is 10.6. The fourth-order valence-electron chi connectivity index (χ4n) is 2.78. The Hall–Kier alpha value is -3.17. The summed E-state index contributed by atoms with van der Waals surface area (Å²) in [7, 11) is 1.54. The topological polar surface area (TPSA) is 89.0 Å². The number of rotatable bonds is 9. The molecule has 0 heterocycles. The first kappa shape index (κ1) is 24.5. The Morgan fingerprint density at radius 1 is 1.00 bits per heavy atom. The molecule has 0 radical (unpaired) electrons. The van der Waals surface area contributed by atoms with E-state index in [1.807, 2.05) is 30.3 Å². The van der Waals surface area contributed by atoms with Crippen molar-refractivity contribution in [1.29, 1.82) is 0 Å². The average molecular weight is 575 g/mol.